The van der Waals surface area contributed by atoms with Crippen molar-refractivity contribution in [1.82, 2.24) is 0 Å². The molecule has 10 rings (SSSR count). The smallest absolute Gasteiger partial charge is 0.211 e. The van der Waals surface area contributed by atoms with E-state index in [1.807, 2.05) is 0 Å². The second-order valence-corrected chi connectivity index (χ2v) is 19.3. The normalized spacial score (nSPS) is 24.5. The van der Waals surface area contributed by atoms with Crippen molar-refractivity contribution in [2.24, 2.45) is 41.4 Å². The maximum atomic E-state index is 12.5. The van der Waals surface area contributed by atoms with Gasteiger partial charge in [-0.1, -0.05) is 109 Å². The molecule has 4 heteroatoms. The van der Waals surface area contributed by atoms with E-state index >= 15 is 0 Å². The lowest BCUT2D eigenvalue weighted by Gasteiger charge is -2.38. The van der Waals surface area contributed by atoms with E-state index in [-0.39, 0.29) is 28.2 Å². The minimum absolute atomic E-state index is 0.0146. The first-order chi connectivity index (χ1) is 26.6. The number of benzene rings is 6. The van der Waals surface area contributed by atoms with Gasteiger partial charge in [0.15, 0.2) is 29.4 Å². The highest BCUT2D eigenvalue weighted by Gasteiger charge is 2.62. The predicted molar refractivity (Wildman–Crippen MR) is 221 cm³/mol. The molecule has 4 bridgehead atoms. The van der Waals surface area contributed by atoms with Crippen molar-refractivity contribution in [2.45, 2.75) is 74.3 Å². The first kappa shape index (κ1) is 36.8. The third kappa shape index (κ3) is 8.26. The van der Waals surface area contributed by atoms with Gasteiger partial charge in [-0.3, -0.25) is 0 Å². The second kappa shape index (κ2) is 17.6. The molecule has 274 valence electrons. The van der Waals surface area contributed by atoms with Crippen LogP contribution in [0.15, 0.2) is 211 Å². The van der Waals surface area contributed by atoms with E-state index in [1.54, 1.807) is 0 Å². The lowest BCUT2D eigenvalue weighted by atomic mass is 9.67. The first-order valence-electron chi connectivity index (χ1n) is 19.7. The largest absolute Gasteiger partial charge is 0.238 e. The molecule has 0 N–H and O–H groups in total. The SMILES string of the molecule is FC(F)CC1CC2CC1C1C3CCC(C3)C21.c1ccc([S+](c2ccccc2)c2ccccc2)cc1.c1ccc([S+](c2ccccc2)c2ccccc2)cc1. The van der Waals surface area contributed by atoms with Crippen LogP contribution in [0.3, 0.4) is 0 Å². The molecule has 0 spiro atoms. The summed E-state index contributed by atoms with van der Waals surface area (Å²) in [6.07, 6.45) is 4.89. The second-order valence-electron chi connectivity index (χ2n) is 15.3. The predicted octanol–water partition coefficient (Wildman–Crippen LogP) is 13.5. The molecule has 0 nitrogen and oxygen atoms in total. The Hall–Kier alpha value is -4.12. The molecule has 0 aliphatic heterocycles. The Bertz CT molecular complexity index is 1690. The Balaban J connectivity index is 0.000000115. The fraction of sp³-hybridized carbons (Fsp3) is 0.280. The van der Waals surface area contributed by atoms with E-state index in [4.69, 9.17) is 0 Å². The molecule has 0 saturated heterocycles. The van der Waals surface area contributed by atoms with Crippen molar-refractivity contribution in [2.75, 3.05) is 0 Å². The van der Waals surface area contributed by atoms with Gasteiger partial charge in [0.25, 0.3) is 0 Å². The molecular formula is C50H50F2S2+2. The van der Waals surface area contributed by atoms with Crippen LogP contribution in [0.5, 0.6) is 0 Å². The Morgan fingerprint density at radius 1 is 0.389 bits per heavy atom. The van der Waals surface area contributed by atoms with E-state index in [0.717, 1.165) is 36.0 Å². The molecule has 7 unspecified atom stereocenters. The van der Waals surface area contributed by atoms with E-state index in [0.29, 0.717) is 11.8 Å². The molecule has 4 aliphatic carbocycles. The lowest BCUT2D eigenvalue weighted by Crippen LogP contribution is -2.33. The van der Waals surface area contributed by atoms with Crippen LogP contribution in [0, 0.1) is 41.4 Å². The molecule has 4 saturated carbocycles. The molecule has 0 aromatic heterocycles. The summed E-state index contributed by atoms with van der Waals surface area (Å²) < 4.78 is 25.1. The fourth-order valence-electron chi connectivity index (χ4n) is 10.4. The summed E-state index contributed by atoms with van der Waals surface area (Å²) in [5.41, 5.74) is 0. The quantitative estimate of drug-likeness (QED) is 0.107. The van der Waals surface area contributed by atoms with E-state index < -0.39 is 6.43 Å². The van der Waals surface area contributed by atoms with Gasteiger partial charge in [0.05, 0.1) is 21.8 Å². The standard InChI is InChI=1S/2C18H15S.C14H20F2/c2*1-4-10-16(11-5-1)19(17-12-6-2-7-13-17)18-14-8-3-9-15-18;15-12(16)6-9-4-10-5-11(9)14-8-2-1-7(3-8)13(10)14/h2*1-15H;7-14H,1-6H2/q2*+1;. The maximum absolute atomic E-state index is 12.5. The Kier molecular flexibility index (Phi) is 12.0. The molecule has 6 aromatic carbocycles. The molecule has 0 amide bonds. The van der Waals surface area contributed by atoms with Crippen molar-refractivity contribution < 1.29 is 8.78 Å². The van der Waals surface area contributed by atoms with Crippen LogP contribution in [0.2, 0.25) is 0 Å². The molecule has 4 fully saturated rings. The third-order valence-corrected chi connectivity index (χ3v) is 16.7. The maximum Gasteiger partial charge on any atom is 0.238 e. The number of fused-ring (bicyclic) bond motifs is 9. The van der Waals surface area contributed by atoms with E-state index in [1.165, 1.54) is 55.1 Å². The topological polar surface area (TPSA) is 0 Å². The summed E-state index contributed by atoms with van der Waals surface area (Å²) in [7, 11) is -0.0293. The summed E-state index contributed by atoms with van der Waals surface area (Å²) in [6, 6.07) is 64.3. The van der Waals surface area contributed by atoms with Crippen molar-refractivity contribution in [3.05, 3.63) is 182 Å². The highest BCUT2D eigenvalue weighted by atomic mass is 32.2. The number of hydrogen-bond donors (Lipinski definition) is 0. The Morgan fingerprint density at radius 2 is 0.704 bits per heavy atom. The van der Waals surface area contributed by atoms with Gasteiger partial charge < -0.3 is 0 Å². The van der Waals surface area contributed by atoms with Crippen LogP contribution >= 0.6 is 0 Å². The highest BCUT2D eigenvalue weighted by molar-refractivity contribution is 7.97. The zero-order chi connectivity index (χ0) is 36.7. The highest BCUT2D eigenvalue weighted by Crippen LogP contribution is 2.69. The number of alkyl halides is 2. The van der Waals surface area contributed by atoms with Crippen LogP contribution in [-0.2, 0) is 21.8 Å². The number of halogens is 2. The van der Waals surface area contributed by atoms with Gasteiger partial charge in [-0.2, -0.15) is 0 Å². The van der Waals surface area contributed by atoms with Gasteiger partial charge in [0, 0.05) is 6.42 Å². The Labute approximate surface area is 326 Å². The lowest BCUT2D eigenvalue weighted by molar-refractivity contribution is 0.0528. The van der Waals surface area contributed by atoms with Gasteiger partial charge in [0.1, 0.15) is 0 Å². The molecular weight excluding hydrogens is 703 g/mol. The van der Waals surface area contributed by atoms with Gasteiger partial charge in [-0.05, 0) is 146 Å². The third-order valence-electron chi connectivity index (χ3n) is 12.2. The minimum Gasteiger partial charge on any atom is -0.211 e. The number of hydrogen-bond acceptors (Lipinski definition) is 0. The van der Waals surface area contributed by atoms with E-state index in [2.05, 4.69) is 182 Å². The molecule has 54 heavy (non-hydrogen) atoms. The van der Waals surface area contributed by atoms with Crippen molar-refractivity contribution in [3.63, 3.8) is 0 Å². The molecule has 0 heterocycles. The molecule has 6 aromatic rings. The monoisotopic (exact) mass is 752 g/mol. The summed E-state index contributed by atoms with van der Waals surface area (Å²) in [5, 5.41) is 0. The van der Waals surface area contributed by atoms with Crippen molar-refractivity contribution in [1.29, 1.82) is 0 Å². The van der Waals surface area contributed by atoms with Crippen LogP contribution in [0.1, 0.15) is 38.5 Å². The summed E-state index contributed by atoms with van der Waals surface area (Å²) in [4.78, 5) is 8.17. The average Bonchev–Trinajstić information content (AvgIpc) is 4.04. The van der Waals surface area contributed by atoms with Crippen LogP contribution in [-0.4, -0.2) is 6.43 Å². The van der Waals surface area contributed by atoms with Gasteiger partial charge >= 0.3 is 0 Å². The minimum atomic E-state index is -2.07. The average molecular weight is 753 g/mol. The van der Waals surface area contributed by atoms with Crippen LogP contribution < -0.4 is 0 Å². The van der Waals surface area contributed by atoms with Gasteiger partial charge in [-0.25, -0.2) is 8.78 Å². The van der Waals surface area contributed by atoms with Crippen LogP contribution in [0.4, 0.5) is 8.78 Å². The van der Waals surface area contributed by atoms with Crippen molar-refractivity contribution in [3.8, 4) is 0 Å². The van der Waals surface area contributed by atoms with Crippen molar-refractivity contribution >= 4 is 21.8 Å². The zero-order valence-corrected chi connectivity index (χ0v) is 32.4. The van der Waals surface area contributed by atoms with Gasteiger partial charge in [-0.15, -0.1) is 0 Å². The summed E-state index contributed by atoms with van der Waals surface area (Å²) in [5.74, 6) is 5.70. The Morgan fingerprint density at radius 3 is 1.02 bits per heavy atom. The molecule has 4 aliphatic rings. The van der Waals surface area contributed by atoms with Crippen LogP contribution in [0.25, 0.3) is 0 Å². The number of rotatable bonds is 8. The van der Waals surface area contributed by atoms with Gasteiger partial charge in [0.2, 0.25) is 6.43 Å². The molecule has 7 atom stereocenters. The summed E-state index contributed by atoms with van der Waals surface area (Å²) in [6.45, 7) is 0. The van der Waals surface area contributed by atoms with E-state index in [9.17, 15) is 8.78 Å². The zero-order valence-electron chi connectivity index (χ0n) is 30.8. The first-order valence-corrected chi connectivity index (χ1v) is 22.2. The molecule has 0 radical (unpaired) electrons. The fourth-order valence-corrected chi connectivity index (χ4v) is 14.6. The summed E-state index contributed by atoms with van der Waals surface area (Å²) >= 11 is 0.